The van der Waals surface area contributed by atoms with Crippen LogP contribution in [0.5, 0.6) is 0 Å². The van der Waals surface area contributed by atoms with E-state index in [1.165, 1.54) is 5.56 Å². The van der Waals surface area contributed by atoms with Crippen LogP contribution in [-0.4, -0.2) is 20.6 Å². The zero-order chi connectivity index (χ0) is 13.9. The highest BCUT2D eigenvalue weighted by Gasteiger charge is 2.06. The fourth-order valence-corrected chi connectivity index (χ4v) is 2.88. The van der Waals surface area contributed by atoms with E-state index in [-0.39, 0.29) is 6.04 Å². The summed E-state index contributed by atoms with van der Waals surface area (Å²) in [5.41, 5.74) is 7.93. The zero-order valence-corrected chi connectivity index (χ0v) is 12.0. The van der Waals surface area contributed by atoms with Crippen LogP contribution in [0.15, 0.2) is 58.7 Å². The van der Waals surface area contributed by atoms with Gasteiger partial charge in [-0.25, -0.2) is 0 Å². The molecule has 4 nitrogen and oxygen atoms in total. The molecule has 0 fully saturated rings. The van der Waals surface area contributed by atoms with Gasteiger partial charge in [0.2, 0.25) is 0 Å². The van der Waals surface area contributed by atoms with Crippen LogP contribution in [0.25, 0.3) is 5.65 Å². The maximum atomic E-state index is 5.81. The zero-order valence-electron chi connectivity index (χ0n) is 11.2. The van der Waals surface area contributed by atoms with Crippen molar-refractivity contribution in [1.29, 1.82) is 0 Å². The Bertz CT molecular complexity index is 703. The molecule has 0 amide bonds. The lowest BCUT2D eigenvalue weighted by Crippen LogP contribution is -2.17. The second-order valence-electron chi connectivity index (χ2n) is 4.84. The van der Waals surface area contributed by atoms with E-state index < -0.39 is 0 Å². The van der Waals surface area contributed by atoms with Gasteiger partial charge in [-0.05, 0) is 54.9 Å². The molecule has 0 aliphatic carbocycles. The smallest absolute Gasteiger partial charge is 0.200 e. The van der Waals surface area contributed by atoms with Crippen molar-refractivity contribution < 1.29 is 0 Å². The topological polar surface area (TPSA) is 56.2 Å². The molecule has 20 heavy (non-hydrogen) atoms. The lowest BCUT2D eigenvalue weighted by molar-refractivity contribution is 0.737. The minimum absolute atomic E-state index is 0.189. The van der Waals surface area contributed by atoms with Crippen LogP contribution in [0.1, 0.15) is 12.5 Å². The van der Waals surface area contributed by atoms with Crippen LogP contribution in [-0.2, 0) is 6.42 Å². The summed E-state index contributed by atoms with van der Waals surface area (Å²) in [7, 11) is 0. The number of hydrogen-bond donors (Lipinski definition) is 1. The molecule has 3 aromatic rings. The van der Waals surface area contributed by atoms with Crippen molar-refractivity contribution in [3.63, 3.8) is 0 Å². The minimum atomic E-state index is 0.189. The lowest BCUT2D eigenvalue weighted by Gasteiger charge is -2.06. The Morgan fingerprint density at radius 2 is 1.95 bits per heavy atom. The Balaban J connectivity index is 1.80. The first-order valence-corrected chi connectivity index (χ1v) is 7.36. The third kappa shape index (κ3) is 2.84. The van der Waals surface area contributed by atoms with Gasteiger partial charge in [-0.15, -0.1) is 10.2 Å². The quantitative estimate of drug-likeness (QED) is 0.800. The van der Waals surface area contributed by atoms with E-state index in [2.05, 4.69) is 34.5 Å². The molecule has 2 heterocycles. The lowest BCUT2D eigenvalue weighted by atomic mass is 10.1. The van der Waals surface area contributed by atoms with E-state index in [4.69, 9.17) is 5.73 Å². The van der Waals surface area contributed by atoms with E-state index >= 15 is 0 Å². The van der Waals surface area contributed by atoms with Crippen molar-refractivity contribution in [1.82, 2.24) is 14.6 Å². The SMILES string of the molecule is CC(N)Cc1ccc(Sc2nnc3ccccn23)cc1. The number of nitrogens with zero attached hydrogens (tertiary/aromatic N) is 3. The van der Waals surface area contributed by atoms with Crippen molar-refractivity contribution in [2.75, 3.05) is 0 Å². The summed E-state index contributed by atoms with van der Waals surface area (Å²) in [6.45, 7) is 2.02. The maximum absolute atomic E-state index is 5.81. The molecule has 0 spiro atoms. The molecule has 2 N–H and O–H groups in total. The summed E-state index contributed by atoms with van der Waals surface area (Å²) in [6.07, 6.45) is 2.88. The van der Waals surface area contributed by atoms with Crippen LogP contribution in [0, 0.1) is 0 Å². The Labute approximate surface area is 122 Å². The van der Waals surface area contributed by atoms with Gasteiger partial charge in [0.15, 0.2) is 10.8 Å². The summed E-state index contributed by atoms with van der Waals surface area (Å²) < 4.78 is 1.99. The molecule has 102 valence electrons. The van der Waals surface area contributed by atoms with Crippen LogP contribution in [0.4, 0.5) is 0 Å². The highest BCUT2D eigenvalue weighted by Crippen LogP contribution is 2.26. The Morgan fingerprint density at radius 1 is 1.15 bits per heavy atom. The van der Waals surface area contributed by atoms with Gasteiger partial charge >= 0.3 is 0 Å². The minimum Gasteiger partial charge on any atom is -0.328 e. The van der Waals surface area contributed by atoms with E-state index in [9.17, 15) is 0 Å². The second-order valence-corrected chi connectivity index (χ2v) is 5.88. The van der Waals surface area contributed by atoms with Crippen molar-refractivity contribution in [2.45, 2.75) is 29.4 Å². The summed E-state index contributed by atoms with van der Waals surface area (Å²) in [6, 6.07) is 14.5. The number of rotatable bonds is 4. The molecule has 0 saturated carbocycles. The molecule has 0 bridgehead atoms. The first-order chi connectivity index (χ1) is 9.72. The third-order valence-corrected chi connectivity index (χ3v) is 3.94. The number of fused-ring (bicyclic) bond motifs is 1. The number of aromatic nitrogens is 3. The predicted octanol–water partition coefficient (Wildman–Crippen LogP) is 2.77. The van der Waals surface area contributed by atoms with Gasteiger partial charge in [-0.2, -0.15) is 0 Å². The Morgan fingerprint density at radius 3 is 2.70 bits per heavy atom. The molecule has 0 aliphatic heterocycles. The van der Waals surface area contributed by atoms with Crippen LogP contribution >= 0.6 is 11.8 Å². The summed E-state index contributed by atoms with van der Waals surface area (Å²) >= 11 is 1.61. The summed E-state index contributed by atoms with van der Waals surface area (Å²) in [5, 5.41) is 9.24. The molecule has 0 aliphatic rings. The number of nitrogens with two attached hydrogens (primary N) is 1. The average Bonchev–Trinajstić information content (AvgIpc) is 2.84. The Kier molecular flexibility index (Phi) is 3.71. The van der Waals surface area contributed by atoms with Crippen LogP contribution < -0.4 is 5.73 Å². The molecule has 0 radical (unpaired) electrons. The first kappa shape index (κ1) is 13.1. The van der Waals surface area contributed by atoms with Gasteiger partial charge in [0.25, 0.3) is 0 Å². The highest BCUT2D eigenvalue weighted by atomic mass is 32.2. The molecule has 1 atom stereocenters. The van der Waals surface area contributed by atoms with Gasteiger partial charge in [-0.3, -0.25) is 4.40 Å². The maximum Gasteiger partial charge on any atom is 0.200 e. The van der Waals surface area contributed by atoms with Crippen LogP contribution in [0.2, 0.25) is 0 Å². The Hall–Kier alpha value is -1.85. The molecular weight excluding hydrogens is 268 g/mol. The first-order valence-electron chi connectivity index (χ1n) is 6.54. The monoisotopic (exact) mass is 284 g/mol. The van der Waals surface area contributed by atoms with Crippen molar-refractivity contribution in [2.24, 2.45) is 5.73 Å². The molecule has 2 aromatic heterocycles. The van der Waals surface area contributed by atoms with Gasteiger partial charge < -0.3 is 5.73 Å². The molecule has 3 rings (SSSR count). The largest absolute Gasteiger partial charge is 0.328 e. The molecule has 1 aromatic carbocycles. The molecular formula is C15H16N4S. The van der Waals surface area contributed by atoms with Gasteiger partial charge in [0.1, 0.15) is 0 Å². The second kappa shape index (κ2) is 5.64. The number of benzene rings is 1. The van der Waals surface area contributed by atoms with Gasteiger partial charge in [0, 0.05) is 17.1 Å². The molecule has 5 heteroatoms. The highest BCUT2D eigenvalue weighted by molar-refractivity contribution is 7.99. The molecule has 0 saturated heterocycles. The van der Waals surface area contributed by atoms with E-state index in [0.29, 0.717) is 0 Å². The van der Waals surface area contributed by atoms with Gasteiger partial charge in [-0.1, -0.05) is 18.2 Å². The van der Waals surface area contributed by atoms with Crippen molar-refractivity contribution in [3.05, 3.63) is 54.2 Å². The number of hydrogen-bond acceptors (Lipinski definition) is 4. The summed E-state index contributed by atoms with van der Waals surface area (Å²) in [5.74, 6) is 0. The van der Waals surface area contributed by atoms with E-state index in [1.807, 2.05) is 35.7 Å². The number of pyridine rings is 1. The predicted molar refractivity (Wildman–Crippen MR) is 80.9 cm³/mol. The average molecular weight is 284 g/mol. The fraction of sp³-hybridized carbons (Fsp3) is 0.200. The molecule has 1 unspecified atom stereocenters. The van der Waals surface area contributed by atoms with Gasteiger partial charge in [0.05, 0.1) is 0 Å². The standard InChI is InChI=1S/C15H16N4S/c1-11(16)10-12-5-7-13(8-6-12)20-15-18-17-14-4-2-3-9-19(14)15/h2-9,11H,10,16H2,1H3. The van der Waals surface area contributed by atoms with Crippen molar-refractivity contribution in [3.8, 4) is 0 Å². The summed E-state index contributed by atoms with van der Waals surface area (Å²) in [4.78, 5) is 1.15. The van der Waals surface area contributed by atoms with E-state index in [1.54, 1.807) is 11.8 Å². The normalized spacial score (nSPS) is 12.7. The fourth-order valence-electron chi connectivity index (χ4n) is 2.06. The third-order valence-electron chi connectivity index (χ3n) is 2.97. The van der Waals surface area contributed by atoms with Crippen LogP contribution in [0.3, 0.4) is 0 Å². The van der Waals surface area contributed by atoms with E-state index in [0.717, 1.165) is 22.1 Å². The van der Waals surface area contributed by atoms with Crippen molar-refractivity contribution >= 4 is 17.4 Å².